The van der Waals surface area contributed by atoms with Crippen LogP contribution < -0.4 is 0 Å². The Labute approximate surface area is 88.3 Å². The Morgan fingerprint density at radius 2 is 2.21 bits per heavy atom. The van der Waals surface area contributed by atoms with Gasteiger partial charge in [-0.05, 0) is 12.1 Å². The van der Waals surface area contributed by atoms with E-state index in [1.165, 1.54) is 12.1 Å². The van der Waals surface area contributed by atoms with Gasteiger partial charge in [0.1, 0.15) is 5.82 Å². The molecular formula is C9H8BrFO3. The maximum atomic E-state index is 13.2. The Morgan fingerprint density at radius 1 is 1.57 bits per heavy atom. The van der Waals surface area contributed by atoms with Crippen LogP contribution in [0, 0.1) is 5.82 Å². The first kappa shape index (κ1) is 11.1. The van der Waals surface area contributed by atoms with Gasteiger partial charge in [0.15, 0.2) is 0 Å². The fraction of sp³-hybridized carbons (Fsp3) is 0.222. The summed E-state index contributed by atoms with van der Waals surface area (Å²) in [6.07, 6.45) is -1.81. The second kappa shape index (κ2) is 4.52. The number of aliphatic hydroxyl groups excluding tert-OH is 1. The zero-order chi connectivity index (χ0) is 10.7. The molecule has 0 radical (unpaired) electrons. The summed E-state index contributed by atoms with van der Waals surface area (Å²) < 4.78 is 13.7. The van der Waals surface area contributed by atoms with Crippen molar-refractivity contribution in [3.63, 3.8) is 0 Å². The number of hydrogen-bond acceptors (Lipinski definition) is 2. The Morgan fingerprint density at radius 3 is 2.71 bits per heavy atom. The van der Waals surface area contributed by atoms with Crippen molar-refractivity contribution >= 4 is 21.9 Å². The average molecular weight is 263 g/mol. The second-order valence-corrected chi connectivity index (χ2v) is 3.70. The summed E-state index contributed by atoms with van der Waals surface area (Å²) in [6.45, 7) is 0. The fourth-order valence-electron chi connectivity index (χ4n) is 1.05. The van der Waals surface area contributed by atoms with Gasteiger partial charge < -0.3 is 10.2 Å². The average Bonchev–Trinajstić information content (AvgIpc) is 2.01. The summed E-state index contributed by atoms with van der Waals surface area (Å²) in [5.41, 5.74) is -0.00407. The van der Waals surface area contributed by atoms with E-state index in [1.54, 1.807) is 6.07 Å². The molecule has 76 valence electrons. The van der Waals surface area contributed by atoms with E-state index in [0.29, 0.717) is 4.47 Å². The van der Waals surface area contributed by atoms with E-state index in [2.05, 4.69) is 15.9 Å². The molecule has 0 aliphatic carbocycles. The molecule has 0 aliphatic rings. The van der Waals surface area contributed by atoms with Gasteiger partial charge in [0, 0.05) is 10.0 Å². The fourth-order valence-corrected chi connectivity index (χ4v) is 1.38. The third-order valence-corrected chi connectivity index (χ3v) is 2.18. The highest BCUT2D eigenvalue weighted by Gasteiger charge is 2.15. The Hall–Kier alpha value is -0.940. The summed E-state index contributed by atoms with van der Waals surface area (Å²) in [6, 6.07) is 4.08. The summed E-state index contributed by atoms with van der Waals surface area (Å²) in [4.78, 5) is 10.3. The van der Waals surface area contributed by atoms with Crippen LogP contribution in [0.15, 0.2) is 22.7 Å². The molecule has 0 spiro atoms. The number of aliphatic hydroxyl groups is 1. The molecule has 0 amide bonds. The van der Waals surface area contributed by atoms with Crippen molar-refractivity contribution in [1.29, 1.82) is 0 Å². The van der Waals surface area contributed by atoms with Crippen molar-refractivity contribution in [3.8, 4) is 0 Å². The van der Waals surface area contributed by atoms with E-state index in [1.807, 2.05) is 0 Å². The summed E-state index contributed by atoms with van der Waals surface area (Å²) in [5.74, 6) is -1.78. The number of rotatable bonds is 3. The molecule has 0 saturated heterocycles. The lowest BCUT2D eigenvalue weighted by Gasteiger charge is -2.09. The van der Waals surface area contributed by atoms with Crippen LogP contribution in [-0.4, -0.2) is 16.2 Å². The van der Waals surface area contributed by atoms with Gasteiger partial charge in [-0.15, -0.1) is 0 Å². The third kappa shape index (κ3) is 2.78. The minimum atomic E-state index is -1.30. The van der Waals surface area contributed by atoms with Crippen LogP contribution in [0.2, 0.25) is 0 Å². The zero-order valence-corrected chi connectivity index (χ0v) is 8.66. The SMILES string of the molecule is O=C(O)C[C@@H](O)c1ccc(Br)cc1F. The van der Waals surface area contributed by atoms with Crippen molar-refractivity contribution < 1.29 is 19.4 Å². The topological polar surface area (TPSA) is 57.5 Å². The number of benzene rings is 1. The van der Waals surface area contributed by atoms with Gasteiger partial charge in [0.05, 0.1) is 12.5 Å². The molecule has 0 aromatic heterocycles. The number of aliphatic carboxylic acids is 1. The molecule has 3 nitrogen and oxygen atoms in total. The number of hydrogen-bond donors (Lipinski definition) is 2. The van der Waals surface area contributed by atoms with Gasteiger partial charge in [0.2, 0.25) is 0 Å². The molecule has 0 bridgehead atoms. The lowest BCUT2D eigenvalue weighted by Crippen LogP contribution is -2.07. The van der Waals surface area contributed by atoms with Gasteiger partial charge in [0.25, 0.3) is 0 Å². The highest BCUT2D eigenvalue weighted by Crippen LogP contribution is 2.22. The molecule has 5 heteroatoms. The molecular weight excluding hydrogens is 255 g/mol. The third-order valence-electron chi connectivity index (χ3n) is 1.69. The molecule has 0 unspecified atom stereocenters. The second-order valence-electron chi connectivity index (χ2n) is 2.78. The highest BCUT2D eigenvalue weighted by molar-refractivity contribution is 9.10. The van der Waals surface area contributed by atoms with Crippen LogP contribution in [0.1, 0.15) is 18.1 Å². The predicted molar refractivity (Wildman–Crippen MR) is 51.3 cm³/mol. The standard InChI is InChI=1S/C9H8BrFO3/c10-5-1-2-6(7(11)3-5)8(12)4-9(13)14/h1-3,8,12H,4H2,(H,13,14)/t8-/m1/s1. The van der Waals surface area contributed by atoms with Crippen LogP contribution >= 0.6 is 15.9 Å². The molecule has 14 heavy (non-hydrogen) atoms. The molecule has 1 rings (SSSR count). The van der Waals surface area contributed by atoms with E-state index in [0.717, 1.165) is 0 Å². The van der Waals surface area contributed by atoms with Crippen molar-refractivity contribution in [3.05, 3.63) is 34.1 Å². The van der Waals surface area contributed by atoms with Gasteiger partial charge in [-0.3, -0.25) is 4.79 Å². The monoisotopic (exact) mass is 262 g/mol. The van der Waals surface area contributed by atoms with Crippen LogP contribution in [0.3, 0.4) is 0 Å². The molecule has 2 N–H and O–H groups in total. The van der Waals surface area contributed by atoms with Crippen molar-refractivity contribution in [1.82, 2.24) is 0 Å². The molecule has 1 aromatic carbocycles. The molecule has 0 fully saturated rings. The number of halogens is 2. The Balaban J connectivity index is 2.90. The summed E-state index contributed by atoms with van der Waals surface area (Å²) >= 11 is 3.06. The lowest BCUT2D eigenvalue weighted by molar-refractivity contribution is -0.139. The predicted octanol–water partition coefficient (Wildman–Crippen LogP) is 2.10. The first-order chi connectivity index (χ1) is 6.50. The van der Waals surface area contributed by atoms with Gasteiger partial charge in [-0.25, -0.2) is 4.39 Å². The van der Waals surface area contributed by atoms with Crippen molar-refractivity contribution in [2.45, 2.75) is 12.5 Å². The first-order valence-electron chi connectivity index (χ1n) is 3.85. The summed E-state index contributed by atoms with van der Waals surface area (Å²) in [5, 5.41) is 17.7. The Kier molecular flexibility index (Phi) is 3.60. The lowest BCUT2D eigenvalue weighted by atomic mass is 10.1. The number of carboxylic acids is 1. The Bertz CT molecular complexity index is 354. The van der Waals surface area contributed by atoms with E-state index in [-0.39, 0.29) is 5.56 Å². The maximum Gasteiger partial charge on any atom is 0.306 e. The van der Waals surface area contributed by atoms with E-state index >= 15 is 0 Å². The maximum absolute atomic E-state index is 13.2. The molecule has 0 aliphatic heterocycles. The quantitative estimate of drug-likeness (QED) is 0.877. The van der Waals surface area contributed by atoms with Crippen LogP contribution in [0.25, 0.3) is 0 Å². The first-order valence-corrected chi connectivity index (χ1v) is 4.65. The molecule has 0 saturated carbocycles. The van der Waals surface area contributed by atoms with Gasteiger partial charge >= 0.3 is 5.97 Å². The minimum absolute atomic E-state index is 0.00407. The molecule has 0 heterocycles. The molecule has 1 aromatic rings. The van der Waals surface area contributed by atoms with E-state index in [4.69, 9.17) is 5.11 Å². The van der Waals surface area contributed by atoms with Gasteiger partial charge in [-0.2, -0.15) is 0 Å². The van der Waals surface area contributed by atoms with Crippen LogP contribution in [0.5, 0.6) is 0 Å². The zero-order valence-electron chi connectivity index (χ0n) is 7.08. The van der Waals surface area contributed by atoms with Crippen molar-refractivity contribution in [2.24, 2.45) is 0 Å². The normalized spacial score (nSPS) is 12.5. The summed E-state index contributed by atoms with van der Waals surface area (Å²) in [7, 11) is 0. The van der Waals surface area contributed by atoms with E-state index in [9.17, 15) is 14.3 Å². The number of carbonyl (C=O) groups is 1. The van der Waals surface area contributed by atoms with Crippen molar-refractivity contribution in [2.75, 3.05) is 0 Å². The van der Waals surface area contributed by atoms with Gasteiger partial charge in [-0.1, -0.05) is 22.0 Å². The highest BCUT2D eigenvalue weighted by atomic mass is 79.9. The largest absolute Gasteiger partial charge is 0.481 e. The molecule has 1 atom stereocenters. The van der Waals surface area contributed by atoms with Crippen LogP contribution in [-0.2, 0) is 4.79 Å². The van der Waals surface area contributed by atoms with Crippen LogP contribution in [0.4, 0.5) is 4.39 Å². The smallest absolute Gasteiger partial charge is 0.306 e. The number of carboxylic acid groups (broad SMARTS) is 1. The minimum Gasteiger partial charge on any atom is -0.481 e. The van der Waals surface area contributed by atoms with E-state index < -0.39 is 24.3 Å².